The Morgan fingerprint density at radius 1 is 1.53 bits per heavy atom. The van der Waals surface area contributed by atoms with Gasteiger partial charge in [0.1, 0.15) is 10.3 Å². The first-order valence-electron chi connectivity index (χ1n) is 4.40. The molecule has 0 saturated carbocycles. The Bertz CT molecular complexity index is 508. The number of carboxylic acid groups (broad SMARTS) is 1. The molecule has 1 rings (SSSR count). The molecule has 1 aromatic rings. The van der Waals surface area contributed by atoms with E-state index in [2.05, 4.69) is 0 Å². The molecular weight excluding hydrogens is 268 g/mol. The van der Waals surface area contributed by atoms with Crippen molar-refractivity contribution >= 4 is 33.2 Å². The molecule has 0 unspecified atom stereocenters. The number of primary amides is 1. The highest BCUT2D eigenvalue weighted by Crippen LogP contribution is 2.16. The first-order chi connectivity index (χ1) is 7.83. The molecule has 0 aromatic carbocycles. The van der Waals surface area contributed by atoms with E-state index >= 15 is 0 Å². The van der Waals surface area contributed by atoms with Crippen LogP contribution in [0.1, 0.15) is 6.42 Å². The second kappa shape index (κ2) is 5.25. The van der Waals surface area contributed by atoms with Crippen molar-refractivity contribution < 1.29 is 23.1 Å². The molecule has 94 valence electrons. The van der Waals surface area contributed by atoms with Gasteiger partial charge >= 0.3 is 5.97 Å². The van der Waals surface area contributed by atoms with Crippen molar-refractivity contribution in [3.8, 4) is 0 Å². The first-order valence-corrected chi connectivity index (χ1v) is 6.76. The topological polar surface area (TPSA) is 127 Å². The minimum Gasteiger partial charge on any atom is -0.480 e. The Labute approximate surface area is 101 Å². The Hall–Kier alpha value is -1.45. The van der Waals surface area contributed by atoms with Crippen molar-refractivity contribution in [1.82, 2.24) is 4.72 Å². The predicted octanol–water partition coefficient (Wildman–Crippen LogP) is -0.645. The summed E-state index contributed by atoms with van der Waals surface area (Å²) in [7, 11) is -3.93. The summed E-state index contributed by atoms with van der Waals surface area (Å²) in [5.41, 5.74) is 4.83. The average Bonchev–Trinajstić information content (AvgIpc) is 2.68. The second-order valence-electron chi connectivity index (χ2n) is 3.11. The molecule has 0 bridgehead atoms. The van der Waals surface area contributed by atoms with E-state index in [-0.39, 0.29) is 4.21 Å². The molecule has 17 heavy (non-hydrogen) atoms. The standard InChI is InChI=1S/C8H10N2O5S2/c9-6(11)4-5(8(12)13)10-17(14,15)7-2-1-3-16-7/h1-3,5,10H,4H2,(H2,9,11)(H,12,13)/t5-/m0/s1. The number of sulfonamides is 1. The number of thiophene rings is 1. The molecule has 1 heterocycles. The summed E-state index contributed by atoms with van der Waals surface area (Å²) >= 11 is 0.943. The van der Waals surface area contributed by atoms with Gasteiger partial charge in [-0.25, -0.2) is 8.42 Å². The number of carbonyl (C=O) groups excluding carboxylic acids is 1. The Balaban J connectivity index is 2.87. The number of nitrogens with one attached hydrogen (secondary N) is 1. The van der Waals surface area contributed by atoms with Gasteiger partial charge in [-0.05, 0) is 11.4 Å². The van der Waals surface area contributed by atoms with Gasteiger partial charge in [-0.1, -0.05) is 6.07 Å². The highest BCUT2D eigenvalue weighted by Gasteiger charge is 2.27. The van der Waals surface area contributed by atoms with Gasteiger partial charge in [0.05, 0.1) is 6.42 Å². The predicted molar refractivity (Wildman–Crippen MR) is 59.9 cm³/mol. The molecule has 0 radical (unpaired) electrons. The van der Waals surface area contributed by atoms with Crippen LogP contribution in [-0.2, 0) is 19.6 Å². The summed E-state index contributed by atoms with van der Waals surface area (Å²) in [6, 6.07) is 1.29. The smallest absolute Gasteiger partial charge is 0.322 e. The molecule has 1 amide bonds. The van der Waals surface area contributed by atoms with Crippen LogP contribution in [0.5, 0.6) is 0 Å². The zero-order chi connectivity index (χ0) is 13.1. The summed E-state index contributed by atoms with van der Waals surface area (Å²) in [5, 5.41) is 10.3. The second-order valence-corrected chi connectivity index (χ2v) is 6.00. The van der Waals surface area contributed by atoms with Gasteiger partial charge < -0.3 is 10.8 Å². The lowest BCUT2D eigenvalue weighted by Gasteiger charge is -2.11. The van der Waals surface area contributed by atoms with E-state index in [1.807, 2.05) is 4.72 Å². The normalized spacial score (nSPS) is 13.2. The molecule has 1 atom stereocenters. The maximum Gasteiger partial charge on any atom is 0.322 e. The lowest BCUT2D eigenvalue weighted by molar-refractivity contribution is -0.140. The van der Waals surface area contributed by atoms with E-state index in [4.69, 9.17) is 10.8 Å². The number of hydrogen-bond acceptors (Lipinski definition) is 5. The number of aliphatic carboxylic acids is 1. The Morgan fingerprint density at radius 3 is 2.59 bits per heavy atom. The summed E-state index contributed by atoms with van der Waals surface area (Å²) in [5.74, 6) is -2.35. The molecule has 7 nitrogen and oxygen atoms in total. The van der Waals surface area contributed by atoms with Crippen molar-refractivity contribution in [2.24, 2.45) is 5.73 Å². The number of amides is 1. The van der Waals surface area contributed by atoms with E-state index < -0.39 is 34.4 Å². The summed E-state index contributed by atoms with van der Waals surface area (Å²) in [4.78, 5) is 21.4. The van der Waals surface area contributed by atoms with E-state index in [0.29, 0.717) is 0 Å². The highest BCUT2D eigenvalue weighted by atomic mass is 32.2. The maximum absolute atomic E-state index is 11.7. The van der Waals surface area contributed by atoms with Crippen LogP contribution in [0.2, 0.25) is 0 Å². The fourth-order valence-electron chi connectivity index (χ4n) is 1.04. The van der Waals surface area contributed by atoms with E-state index in [0.717, 1.165) is 11.3 Å². The van der Waals surface area contributed by atoms with E-state index in [1.165, 1.54) is 12.1 Å². The molecular formula is C8H10N2O5S2. The van der Waals surface area contributed by atoms with Gasteiger partial charge in [-0.2, -0.15) is 4.72 Å². The molecule has 0 aliphatic heterocycles. The van der Waals surface area contributed by atoms with Crippen LogP contribution in [0.15, 0.2) is 21.7 Å². The van der Waals surface area contributed by atoms with Crippen molar-refractivity contribution in [2.75, 3.05) is 0 Å². The SMILES string of the molecule is NC(=O)C[C@H](NS(=O)(=O)c1cccs1)C(=O)O. The van der Waals surface area contributed by atoms with Crippen LogP contribution >= 0.6 is 11.3 Å². The molecule has 0 spiro atoms. The lowest BCUT2D eigenvalue weighted by Crippen LogP contribution is -2.43. The van der Waals surface area contributed by atoms with E-state index in [9.17, 15) is 18.0 Å². The monoisotopic (exact) mass is 278 g/mol. The fraction of sp³-hybridized carbons (Fsp3) is 0.250. The molecule has 9 heteroatoms. The number of carbonyl (C=O) groups is 2. The number of nitrogens with two attached hydrogens (primary N) is 1. The van der Waals surface area contributed by atoms with Gasteiger partial charge in [0, 0.05) is 0 Å². The molecule has 0 aliphatic carbocycles. The third-order valence-corrected chi connectivity index (χ3v) is 4.63. The average molecular weight is 278 g/mol. The summed E-state index contributed by atoms with van der Waals surface area (Å²) in [6.07, 6.45) is -0.597. The van der Waals surface area contributed by atoms with Gasteiger partial charge in [0.25, 0.3) is 10.0 Å². The van der Waals surface area contributed by atoms with Gasteiger partial charge in [-0.15, -0.1) is 11.3 Å². The minimum absolute atomic E-state index is 0.0202. The van der Waals surface area contributed by atoms with Gasteiger partial charge in [0.2, 0.25) is 5.91 Å². The molecule has 0 aliphatic rings. The van der Waals surface area contributed by atoms with Crippen molar-refractivity contribution in [3.63, 3.8) is 0 Å². The molecule has 0 fully saturated rings. The van der Waals surface area contributed by atoms with E-state index in [1.54, 1.807) is 5.38 Å². The van der Waals surface area contributed by atoms with Crippen LogP contribution in [0, 0.1) is 0 Å². The number of hydrogen-bond donors (Lipinski definition) is 3. The Kier molecular flexibility index (Phi) is 4.21. The summed E-state index contributed by atoms with van der Waals surface area (Å²) in [6.45, 7) is 0. The van der Waals surface area contributed by atoms with Crippen LogP contribution in [0.3, 0.4) is 0 Å². The first kappa shape index (κ1) is 13.6. The minimum atomic E-state index is -3.93. The zero-order valence-corrected chi connectivity index (χ0v) is 10.1. The Morgan fingerprint density at radius 2 is 2.18 bits per heavy atom. The van der Waals surface area contributed by atoms with Crippen LogP contribution in [-0.4, -0.2) is 31.4 Å². The molecule has 0 saturated heterocycles. The zero-order valence-electron chi connectivity index (χ0n) is 8.49. The van der Waals surface area contributed by atoms with Crippen LogP contribution in [0.4, 0.5) is 0 Å². The van der Waals surface area contributed by atoms with Crippen LogP contribution < -0.4 is 10.5 Å². The third-order valence-electron chi connectivity index (χ3n) is 1.76. The van der Waals surface area contributed by atoms with Crippen molar-refractivity contribution in [2.45, 2.75) is 16.7 Å². The van der Waals surface area contributed by atoms with Gasteiger partial charge in [-0.3, -0.25) is 9.59 Å². The number of carboxylic acids is 1. The number of rotatable bonds is 6. The highest BCUT2D eigenvalue weighted by molar-refractivity contribution is 7.91. The third kappa shape index (κ3) is 3.80. The van der Waals surface area contributed by atoms with Crippen LogP contribution in [0.25, 0.3) is 0 Å². The van der Waals surface area contributed by atoms with Crippen molar-refractivity contribution in [1.29, 1.82) is 0 Å². The van der Waals surface area contributed by atoms with Crippen molar-refractivity contribution in [3.05, 3.63) is 17.5 Å². The fourth-order valence-corrected chi connectivity index (χ4v) is 3.24. The lowest BCUT2D eigenvalue weighted by atomic mass is 10.2. The largest absolute Gasteiger partial charge is 0.480 e. The molecule has 1 aromatic heterocycles. The quantitative estimate of drug-likeness (QED) is 0.637. The maximum atomic E-state index is 11.7. The molecule has 4 N–H and O–H groups in total. The summed E-state index contributed by atoms with van der Waals surface area (Å²) < 4.78 is 25.2. The van der Waals surface area contributed by atoms with Gasteiger partial charge in [0.15, 0.2) is 0 Å².